The van der Waals surface area contributed by atoms with Crippen molar-refractivity contribution in [1.82, 2.24) is 9.62 Å². The molecule has 0 saturated carbocycles. The fraction of sp³-hybridized carbons (Fsp3) is 0.500. The third-order valence-electron chi connectivity index (χ3n) is 3.64. The monoisotopic (exact) mass is 311 g/mol. The topological polar surface area (TPSA) is 92.5 Å². The molecule has 1 atom stereocenters. The Hall–Kier alpha value is -1.60. The van der Waals surface area contributed by atoms with Gasteiger partial charge in [0.2, 0.25) is 10.0 Å². The number of carbonyl (C=O) groups is 1. The summed E-state index contributed by atoms with van der Waals surface area (Å²) < 4.78 is 25.2. The molecule has 1 saturated heterocycles. The number of likely N-dealkylation sites (tertiary alicyclic amines) is 1. The quantitative estimate of drug-likeness (QED) is 0.805. The number of nitrogens with one attached hydrogen (secondary N) is 1. The highest BCUT2D eigenvalue weighted by Gasteiger charge is 2.27. The van der Waals surface area contributed by atoms with E-state index in [1.165, 1.54) is 0 Å². The molecule has 1 aromatic rings. The van der Waals surface area contributed by atoms with Gasteiger partial charge in [-0.05, 0) is 31.4 Å². The smallest absolute Gasteiger partial charge is 0.256 e. The van der Waals surface area contributed by atoms with Crippen molar-refractivity contribution in [1.29, 1.82) is 0 Å². The van der Waals surface area contributed by atoms with E-state index in [-0.39, 0.29) is 11.9 Å². The predicted octanol–water partition coefficient (Wildman–Crippen LogP) is 0.731. The van der Waals surface area contributed by atoms with Crippen LogP contribution in [0.3, 0.4) is 0 Å². The summed E-state index contributed by atoms with van der Waals surface area (Å²) in [6.45, 7) is 2.85. The number of hydrogen-bond acceptors (Lipinski definition) is 4. The standard InChI is InChI=1S/C14H21N3O3S/c1-10-5-3-7-12(13(10)15)14(18)17-8-4-6-11(9-17)16-21(2,19)20/h3,5,7,11,16H,4,6,8-9,15H2,1-2H3. The molecule has 21 heavy (non-hydrogen) atoms. The van der Waals surface area contributed by atoms with Crippen LogP contribution in [0, 0.1) is 6.92 Å². The normalized spacial score (nSPS) is 19.5. The van der Waals surface area contributed by atoms with Gasteiger partial charge >= 0.3 is 0 Å². The van der Waals surface area contributed by atoms with E-state index in [2.05, 4.69) is 4.72 Å². The van der Waals surface area contributed by atoms with Gasteiger partial charge in [-0.1, -0.05) is 12.1 Å². The molecule has 1 unspecified atom stereocenters. The number of nitrogen functional groups attached to an aromatic ring is 1. The van der Waals surface area contributed by atoms with Crippen molar-refractivity contribution >= 4 is 21.6 Å². The summed E-state index contributed by atoms with van der Waals surface area (Å²) in [4.78, 5) is 14.2. The van der Waals surface area contributed by atoms with E-state index in [9.17, 15) is 13.2 Å². The molecule has 0 aromatic heterocycles. The predicted molar refractivity (Wildman–Crippen MR) is 82.5 cm³/mol. The van der Waals surface area contributed by atoms with E-state index >= 15 is 0 Å². The Morgan fingerprint density at radius 1 is 1.43 bits per heavy atom. The van der Waals surface area contributed by atoms with Gasteiger partial charge in [0.15, 0.2) is 0 Å². The number of nitrogens with two attached hydrogens (primary N) is 1. The molecule has 7 heteroatoms. The van der Waals surface area contributed by atoms with Crippen LogP contribution < -0.4 is 10.5 Å². The van der Waals surface area contributed by atoms with Crippen molar-refractivity contribution in [3.05, 3.63) is 29.3 Å². The van der Waals surface area contributed by atoms with Crippen LogP contribution in [-0.4, -0.2) is 44.6 Å². The molecule has 0 spiro atoms. The van der Waals surface area contributed by atoms with E-state index in [0.29, 0.717) is 24.3 Å². The summed E-state index contributed by atoms with van der Waals surface area (Å²) >= 11 is 0. The molecule has 1 aromatic carbocycles. The maximum Gasteiger partial charge on any atom is 0.256 e. The maximum atomic E-state index is 12.6. The summed E-state index contributed by atoms with van der Waals surface area (Å²) in [5.41, 5.74) is 7.80. The van der Waals surface area contributed by atoms with Crippen molar-refractivity contribution in [3.8, 4) is 0 Å². The minimum atomic E-state index is -3.27. The molecule has 3 N–H and O–H groups in total. The van der Waals surface area contributed by atoms with E-state index < -0.39 is 10.0 Å². The largest absolute Gasteiger partial charge is 0.398 e. The van der Waals surface area contributed by atoms with Crippen molar-refractivity contribution in [2.75, 3.05) is 25.1 Å². The van der Waals surface area contributed by atoms with Crippen LogP contribution in [0.25, 0.3) is 0 Å². The maximum absolute atomic E-state index is 12.6. The summed E-state index contributed by atoms with van der Waals surface area (Å²) in [5.74, 6) is -0.142. The second kappa shape index (κ2) is 6.03. The van der Waals surface area contributed by atoms with Crippen molar-refractivity contribution in [2.24, 2.45) is 0 Å². The lowest BCUT2D eigenvalue weighted by Crippen LogP contribution is -2.49. The molecule has 0 radical (unpaired) electrons. The summed E-state index contributed by atoms with van der Waals surface area (Å²) in [7, 11) is -3.27. The number of sulfonamides is 1. The number of nitrogens with zero attached hydrogens (tertiary/aromatic N) is 1. The van der Waals surface area contributed by atoms with Gasteiger partial charge < -0.3 is 10.6 Å². The number of piperidine rings is 1. The number of rotatable bonds is 3. The third kappa shape index (κ3) is 3.95. The zero-order valence-corrected chi connectivity index (χ0v) is 13.1. The molecule has 0 aliphatic carbocycles. The van der Waals surface area contributed by atoms with Gasteiger partial charge in [-0.3, -0.25) is 4.79 Å². The average Bonchev–Trinajstić information content (AvgIpc) is 2.39. The first kappa shape index (κ1) is 15.8. The Labute approximate surface area is 125 Å². The van der Waals surface area contributed by atoms with Crippen molar-refractivity contribution in [2.45, 2.75) is 25.8 Å². The van der Waals surface area contributed by atoms with Crippen molar-refractivity contribution in [3.63, 3.8) is 0 Å². The molecular weight excluding hydrogens is 290 g/mol. The number of aryl methyl sites for hydroxylation is 1. The average molecular weight is 311 g/mol. The molecule has 1 aliphatic heterocycles. The highest BCUT2D eigenvalue weighted by molar-refractivity contribution is 7.88. The molecule has 6 nitrogen and oxygen atoms in total. The first-order valence-corrected chi connectivity index (χ1v) is 8.79. The van der Waals surface area contributed by atoms with Gasteiger partial charge in [0.25, 0.3) is 5.91 Å². The summed E-state index contributed by atoms with van der Waals surface area (Å²) in [5, 5.41) is 0. The van der Waals surface area contributed by atoms with Gasteiger partial charge in [-0.15, -0.1) is 0 Å². The summed E-state index contributed by atoms with van der Waals surface area (Å²) in [6.07, 6.45) is 2.64. The van der Waals surface area contributed by atoms with Gasteiger partial charge in [-0.25, -0.2) is 13.1 Å². The Balaban J connectivity index is 2.14. The Bertz CT molecular complexity index is 643. The molecule has 0 bridgehead atoms. The van der Waals surface area contributed by atoms with Crippen LogP contribution in [0.1, 0.15) is 28.8 Å². The van der Waals surface area contributed by atoms with Crippen LogP contribution in [0.4, 0.5) is 5.69 Å². The van der Waals surface area contributed by atoms with E-state index in [4.69, 9.17) is 5.73 Å². The van der Waals surface area contributed by atoms with Crippen LogP contribution in [0.2, 0.25) is 0 Å². The van der Waals surface area contributed by atoms with Gasteiger partial charge in [0.1, 0.15) is 0 Å². The van der Waals surface area contributed by atoms with E-state index in [1.807, 2.05) is 13.0 Å². The zero-order chi connectivity index (χ0) is 15.6. The van der Waals surface area contributed by atoms with Crippen LogP contribution in [0.15, 0.2) is 18.2 Å². The molecule has 116 valence electrons. The first-order chi connectivity index (χ1) is 9.78. The highest BCUT2D eigenvalue weighted by Crippen LogP contribution is 2.21. The molecule has 1 fully saturated rings. The number of carbonyl (C=O) groups excluding carboxylic acids is 1. The fourth-order valence-corrected chi connectivity index (χ4v) is 3.40. The lowest BCUT2D eigenvalue weighted by molar-refractivity contribution is 0.0704. The molecular formula is C14H21N3O3S. The number of amides is 1. The Morgan fingerprint density at radius 3 is 2.81 bits per heavy atom. The Morgan fingerprint density at radius 2 is 2.14 bits per heavy atom. The minimum Gasteiger partial charge on any atom is -0.398 e. The number of benzene rings is 1. The lowest BCUT2D eigenvalue weighted by atomic mass is 10.0. The highest BCUT2D eigenvalue weighted by atomic mass is 32.2. The van der Waals surface area contributed by atoms with Crippen LogP contribution in [0.5, 0.6) is 0 Å². The van der Waals surface area contributed by atoms with Gasteiger partial charge in [-0.2, -0.15) is 0 Å². The fourth-order valence-electron chi connectivity index (χ4n) is 2.60. The Kier molecular flexibility index (Phi) is 4.53. The lowest BCUT2D eigenvalue weighted by Gasteiger charge is -2.33. The SMILES string of the molecule is Cc1cccc(C(=O)N2CCCC(NS(C)(=O)=O)C2)c1N. The zero-order valence-electron chi connectivity index (χ0n) is 12.3. The molecule has 1 amide bonds. The second-order valence-corrected chi connectivity index (χ2v) is 7.30. The molecule has 1 aliphatic rings. The van der Waals surface area contributed by atoms with Gasteiger partial charge in [0.05, 0.1) is 11.8 Å². The van der Waals surface area contributed by atoms with Crippen LogP contribution >= 0.6 is 0 Å². The van der Waals surface area contributed by atoms with Crippen molar-refractivity contribution < 1.29 is 13.2 Å². The number of anilines is 1. The molecule has 1 heterocycles. The molecule has 2 rings (SSSR count). The summed E-state index contributed by atoms with van der Waals surface area (Å²) in [6, 6.07) is 5.13. The first-order valence-electron chi connectivity index (χ1n) is 6.89. The van der Waals surface area contributed by atoms with E-state index in [0.717, 1.165) is 24.7 Å². The van der Waals surface area contributed by atoms with Gasteiger partial charge in [0, 0.05) is 24.8 Å². The number of hydrogen-bond donors (Lipinski definition) is 2. The number of para-hydroxylation sites is 1. The third-order valence-corrected chi connectivity index (χ3v) is 4.41. The van der Waals surface area contributed by atoms with Crippen LogP contribution in [-0.2, 0) is 10.0 Å². The minimum absolute atomic E-state index is 0.142. The second-order valence-electron chi connectivity index (χ2n) is 5.52. The van der Waals surface area contributed by atoms with E-state index in [1.54, 1.807) is 17.0 Å².